The molecule has 0 radical (unpaired) electrons. The Balaban J connectivity index is 1.24. The van der Waals surface area contributed by atoms with Gasteiger partial charge in [0.15, 0.2) is 0 Å². The van der Waals surface area contributed by atoms with Gasteiger partial charge in [-0.2, -0.15) is 0 Å². The van der Waals surface area contributed by atoms with E-state index in [4.69, 9.17) is 0 Å². The van der Waals surface area contributed by atoms with Crippen LogP contribution in [0.1, 0.15) is 104 Å². The van der Waals surface area contributed by atoms with Crippen LogP contribution in [0.5, 0.6) is 0 Å². The van der Waals surface area contributed by atoms with Crippen molar-refractivity contribution in [2.45, 2.75) is 104 Å². The molecule has 8 aromatic carbocycles. The number of benzene rings is 8. The first-order valence-corrected chi connectivity index (χ1v) is 26.5. The molecule has 0 N–H and O–H groups in total. The molecule has 0 saturated heterocycles. The van der Waals surface area contributed by atoms with Crippen LogP contribution in [0.25, 0.3) is 21.2 Å². The maximum atomic E-state index is 2.69. The van der Waals surface area contributed by atoms with Crippen molar-refractivity contribution < 1.29 is 0 Å². The van der Waals surface area contributed by atoms with E-state index in [2.05, 4.69) is 266 Å². The van der Waals surface area contributed by atoms with Gasteiger partial charge in [-0.3, -0.25) is 0 Å². The number of para-hydroxylation sites is 2. The van der Waals surface area contributed by atoms with E-state index in [-0.39, 0.29) is 28.4 Å². The summed E-state index contributed by atoms with van der Waals surface area (Å²) in [6.07, 6.45) is 2.32. The molecule has 3 nitrogen and oxygen atoms in total. The lowest BCUT2D eigenvalue weighted by Gasteiger charge is -2.45. The van der Waals surface area contributed by atoms with Gasteiger partial charge in [0.05, 0.1) is 11.4 Å². The second-order valence-corrected chi connectivity index (χ2v) is 24.8. The lowest BCUT2D eigenvalue weighted by molar-refractivity contribution is 0.332. The molecule has 71 heavy (non-hydrogen) atoms. The monoisotopic (exact) mass is 941 g/mol. The molecular formula is C66H64BN3S. The van der Waals surface area contributed by atoms with E-state index < -0.39 is 0 Å². The van der Waals surface area contributed by atoms with Crippen molar-refractivity contribution in [1.82, 2.24) is 0 Å². The first-order valence-electron chi connectivity index (χ1n) is 25.7. The summed E-state index contributed by atoms with van der Waals surface area (Å²) < 4.78 is 2.71. The largest absolute Gasteiger partial charge is 0.311 e. The van der Waals surface area contributed by atoms with E-state index in [1.807, 2.05) is 11.3 Å². The van der Waals surface area contributed by atoms with Crippen molar-refractivity contribution in [2.24, 2.45) is 0 Å². The molecule has 5 heteroatoms. The van der Waals surface area contributed by atoms with Crippen LogP contribution < -0.4 is 30.4 Å². The fourth-order valence-corrected chi connectivity index (χ4v) is 13.2. The molecule has 0 amide bonds. The molecule has 9 aromatic rings. The average Bonchev–Trinajstić information content (AvgIpc) is 3.74. The highest BCUT2D eigenvalue weighted by Crippen LogP contribution is 2.53. The van der Waals surface area contributed by atoms with Gasteiger partial charge in [0, 0.05) is 54.7 Å². The highest BCUT2D eigenvalue weighted by atomic mass is 32.1. The first-order chi connectivity index (χ1) is 34.0. The van der Waals surface area contributed by atoms with Crippen LogP contribution >= 0.6 is 11.3 Å². The van der Waals surface area contributed by atoms with Gasteiger partial charge in [0.1, 0.15) is 0 Å². The number of hydrogen-bond donors (Lipinski definition) is 0. The van der Waals surface area contributed by atoms with Gasteiger partial charge < -0.3 is 14.7 Å². The molecule has 0 saturated carbocycles. The van der Waals surface area contributed by atoms with Crippen LogP contribution in [0.3, 0.4) is 0 Å². The normalized spacial score (nSPS) is 15.5. The highest BCUT2D eigenvalue weighted by Gasteiger charge is 2.47. The lowest BCUT2D eigenvalue weighted by atomic mass is 9.36. The summed E-state index contributed by atoms with van der Waals surface area (Å²) in [6.45, 7) is 23.7. The fraction of sp³-hybridized carbons (Fsp3) is 0.242. The van der Waals surface area contributed by atoms with Crippen molar-refractivity contribution in [3.63, 3.8) is 0 Å². The molecule has 12 rings (SSSR count). The predicted octanol–water partition coefficient (Wildman–Crippen LogP) is 17.1. The molecule has 352 valence electrons. The summed E-state index contributed by atoms with van der Waals surface area (Å²) >= 11 is 1.99. The third-order valence-electron chi connectivity index (χ3n) is 16.0. The van der Waals surface area contributed by atoms with Crippen molar-refractivity contribution in [1.29, 1.82) is 0 Å². The zero-order chi connectivity index (χ0) is 49.2. The van der Waals surface area contributed by atoms with Gasteiger partial charge in [-0.25, -0.2) is 0 Å². The Kier molecular flexibility index (Phi) is 10.4. The van der Waals surface area contributed by atoms with Crippen LogP contribution in [0.15, 0.2) is 182 Å². The molecule has 3 heterocycles. The molecular weight excluding hydrogens is 878 g/mol. The maximum Gasteiger partial charge on any atom is 0.264 e. The highest BCUT2D eigenvalue weighted by molar-refractivity contribution is 7.33. The van der Waals surface area contributed by atoms with Gasteiger partial charge >= 0.3 is 0 Å². The van der Waals surface area contributed by atoms with Gasteiger partial charge in [0.25, 0.3) is 6.71 Å². The third-order valence-corrected chi connectivity index (χ3v) is 17.2. The van der Waals surface area contributed by atoms with E-state index in [1.165, 1.54) is 94.0 Å². The van der Waals surface area contributed by atoms with Gasteiger partial charge in [-0.15, -0.1) is 11.3 Å². The zero-order valence-electron chi connectivity index (χ0n) is 43.1. The summed E-state index contributed by atoms with van der Waals surface area (Å²) in [5.41, 5.74) is 21.4. The minimum absolute atomic E-state index is 0.0164. The van der Waals surface area contributed by atoms with Crippen molar-refractivity contribution in [2.75, 3.05) is 14.7 Å². The minimum Gasteiger partial charge on any atom is -0.311 e. The SMILES string of the molecule is CC(C)(C)c1ccc(N2c3ccc(-c4ccccc4)cc3B3c4sc5ccc(C(C)(C)C)cc5c4N(c4ccc5c(c4)C(C)(C)CCC5(C)C)c4cc(N(c5ccccc5)c5ccccc5)cc2c43)cc1. The molecule has 1 aliphatic carbocycles. The molecule has 2 aliphatic heterocycles. The van der Waals surface area contributed by atoms with Crippen molar-refractivity contribution >= 4 is 95.0 Å². The Hall–Kier alpha value is -6.82. The van der Waals surface area contributed by atoms with Crippen LogP contribution in [-0.2, 0) is 21.7 Å². The van der Waals surface area contributed by atoms with Crippen LogP contribution in [0.2, 0.25) is 0 Å². The summed E-state index contributed by atoms with van der Waals surface area (Å²) in [5, 5.41) is 1.32. The molecule has 1 aromatic heterocycles. The van der Waals surface area contributed by atoms with Gasteiger partial charge in [0.2, 0.25) is 0 Å². The number of thiophene rings is 1. The van der Waals surface area contributed by atoms with Crippen LogP contribution in [0, 0.1) is 0 Å². The maximum absolute atomic E-state index is 2.69. The van der Waals surface area contributed by atoms with Gasteiger partial charge in [-0.05, 0) is 158 Å². The average molecular weight is 942 g/mol. The topological polar surface area (TPSA) is 9.72 Å². The predicted molar refractivity (Wildman–Crippen MR) is 309 cm³/mol. The molecule has 0 atom stereocenters. The summed E-state index contributed by atoms with van der Waals surface area (Å²) in [4.78, 5) is 7.73. The zero-order valence-corrected chi connectivity index (χ0v) is 43.9. The number of hydrogen-bond acceptors (Lipinski definition) is 4. The van der Waals surface area contributed by atoms with Gasteiger partial charge in [-0.1, -0.05) is 172 Å². The minimum atomic E-state index is -0.0329. The lowest BCUT2D eigenvalue weighted by Crippen LogP contribution is -2.60. The Morgan fingerprint density at radius 1 is 0.479 bits per heavy atom. The van der Waals surface area contributed by atoms with E-state index in [9.17, 15) is 0 Å². The first kappa shape index (κ1) is 45.3. The second-order valence-electron chi connectivity index (χ2n) is 23.7. The van der Waals surface area contributed by atoms with Crippen LogP contribution in [-0.4, -0.2) is 6.71 Å². The molecule has 0 fully saturated rings. The Morgan fingerprint density at radius 3 is 1.66 bits per heavy atom. The Labute approximate surface area is 426 Å². The smallest absolute Gasteiger partial charge is 0.264 e. The van der Waals surface area contributed by atoms with E-state index >= 15 is 0 Å². The van der Waals surface area contributed by atoms with E-state index in [1.54, 1.807) is 0 Å². The number of nitrogens with zero attached hydrogens (tertiary/aromatic N) is 3. The number of rotatable bonds is 6. The molecule has 0 bridgehead atoms. The molecule has 0 spiro atoms. The second kappa shape index (κ2) is 16.4. The van der Waals surface area contributed by atoms with E-state index in [0.717, 1.165) is 29.2 Å². The number of fused-ring (bicyclic) bond motifs is 7. The molecule has 0 unspecified atom stereocenters. The van der Waals surface area contributed by atoms with Crippen molar-refractivity contribution in [3.8, 4) is 11.1 Å². The fourth-order valence-electron chi connectivity index (χ4n) is 11.9. The molecule has 3 aliphatic rings. The standard InChI is InChI=1S/C66H64BN3S/c1-63(2,3)45-27-30-49(31-28-45)69-56-34-26-44(43-20-14-11-15-21-43)38-55(56)67-60-57(69)41-51(68(47-22-16-12-17-23-47)48-24-18-13-19-25-48)42-58(60)70(50-32-33-53-54(40-50)66(9,10)37-36-65(53,7)8)61-52-39-46(64(4,5)6)29-35-59(52)71-62(61)67/h11-35,38-42H,36-37H2,1-10H3. The number of anilines is 9. The summed E-state index contributed by atoms with van der Waals surface area (Å²) in [5.74, 6) is 0. The quantitative estimate of drug-likeness (QED) is 0.154. The van der Waals surface area contributed by atoms with Crippen LogP contribution in [0.4, 0.5) is 51.2 Å². The Bertz CT molecular complexity index is 3460. The third kappa shape index (κ3) is 7.53. The summed E-state index contributed by atoms with van der Waals surface area (Å²) in [6, 6.07) is 69.3. The summed E-state index contributed by atoms with van der Waals surface area (Å²) in [7, 11) is 0. The van der Waals surface area contributed by atoms with Crippen molar-refractivity contribution in [3.05, 3.63) is 204 Å². The Morgan fingerprint density at radius 2 is 1.04 bits per heavy atom. The van der Waals surface area contributed by atoms with E-state index in [0.29, 0.717) is 0 Å².